The van der Waals surface area contributed by atoms with Gasteiger partial charge in [0.2, 0.25) is 0 Å². The van der Waals surface area contributed by atoms with Gasteiger partial charge in [0.05, 0.1) is 59.0 Å². The largest absolute Gasteiger partial charge is 0.379 e. The quantitative estimate of drug-likeness (QED) is 0.495. The number of imidazole rings is 1. The number of hydrogen-bond donors (Lipinski definition) is 0. The van der Waals surface area contributed by atoms with Crippen molar-refractivity contribution in [2.75, 3.05) is 13.2 Å². The lowest BCUT2D eigenvalue weighted by atomic mass is 9.84. The molecule has 27 heavy (non-hydrogen) atoms. The number of aryl methyl sites for hydroxylation is 1. The molecule has 1 saturated heterocycles. The van der Waals surface area contributed by atoms with E-state index in [0.717, 1.165) is 37.8 Å². The van der Waals surface area contributed by atoms with Crippen molar-refractivity contribution in [2.24, 2.45) is 7.05 Å². The van der Waals surface area contributed by atoms with Crippen LogP contribution in [0.5, 0.6) is 0 Å². The van der Waals surface area contributed by atoms with Crippen molar-refractivity contribution in [2.45, 2.75) is 12.3 Å². The highest BCUT2D eigenvalue weighted by molar-refractivity contribution is 9.10. The lowest BCUT2D eigenvalue weighted by Gasteiger charge is -2.37. The molecule has 3 aromatic heterocycles. The molecule has 4 heterocycles. The summed E-state index contributed by atoms with van der Waals surface area (Å²) in [6.07, 6.45) is 3.52. The average molecular weight is 425 g/mol. The van der Waals surface area contributed by atoms with E-state index in [2.05, 4.69) is 32.8 Å². The summed E-state index contributed by atoms with van der Waals surface area (Å²) in [5, 5.41) is 0.919. The van der Waals surface area contributed by atoms with Crippen molar-refractivity contribution in [3.63, 3.8) is 0 Å². The third-order valence-electron chi connectivity index (χ3n) is 5.31. The minimum Gasteiger partial charge on any atom is -0.379 e. The van der Waals surface area contributed by atoms with Crippen LogP contribution in [-0.2, 0) is 17.2 Å². The van der Waals surface area contributed by atoms with Gasteiger partial charge >= 0.3 is 5.69 Å². The Bertz CT molecular complexity index is 1250. The Kier molecular flexibility index (Phi) is 3.54. The number of benzene rings is 1. The van der Waals surface area contributed by atoms with Gasteiger partial charge in [-0.15, -0.1) is 0 Å². The maximum atomic E-state index is 13.0. The first-order valence-electron chi connectivity index (χ1n) is 8.68. The predicted octanol–water partition coefficient (Wildman–Crippen LogP) is 3.32. The summed E-state index contributed by atoms with van der Waals surface area (Å²) < 4.78 is 9.61. The summed E-state index contributed by atoms with van der Waals surface area (Å²) in [6, 6.07) is 9.83. The van der Waals surface area contributed by atoms with Crippen molar-refractivity contribution >= 4 is 37.9 Å². The van der Waals surface area contributed by atoms with Gasteiger partial charge in [-0.05, 0) is 37.3 Å². The Labute approximate surface area is 163 Å². The van der Waals surface area contributed by atoms with Crippen molar-refractivity contribution in [3.8, 4) is 5.69 Å². The molecule has 4 aromatic rings. The first-order chi connectivity index (χ1) is 13.0. The van der Waals surface area contributed by atoms with Gasteiger partial charge in [0, 0.05) is 16.9 Å². The molecule has 7 heteroatoms. The van der Waals surface area contributed by atoms with Gasteiger partial charge in [-0.3, -0.25) is 19.1 Å². The fourth-order valence-electron chi connectivity index (χ4n) is 3.64. The molecule has 0 N–H and O–H groups in total. The number of rotatable bonds is 2. The van der Waals surface area contributed by atoms with Gasteiger partial charge in [-0.1, -0.05) is 15.9 Å². The first kappa shape index (κ1) is 16.6. The van der Waals surface area contributed by atoms with Crippen molar-refractivity contribution < 1.29 is 4.74 Å². The maximum Gasteiger partial charge on any atom is 0.333 e. The van der Waals surface area contributed by atoms with E-state index in [1.807, 2.05) is 30.3 Å². The summed E-state index contributed by atoms with van der Waals surface area (Å²) in [7, 11) is 1.77. The number of pyridine rings is 2. The first-order valence-corrected chi connectivity index (χ1v) is 9.48. The van der Waals surface area contributed by atoms with Crippen LogP contribution in [0.3, 0.4) is 0 Å². The molecule has 0 aliphatic carbocycles. The molecule has 0 unspecified atom stereocenters. The van der Waals surface area contributed by atoms with Crippen LogP contribution < -0.4 is 5.69 Å². The Balaban J connectivity index is 1.78. The highest BCUT2D eigenvalue weighted by Gasteiger charge is 2.36. The maximum absolute atomic E-state index is 13.0. The molecule has 136 valence electrons. The number of hydrogen-bond acceptors (Lipinski definition) is 4. The second-order valence-electron chi connectivity index (χ2n) is 7.29. The van der Waals surface area contributed by atoms with Crippen LogP contribution in [0.4, 0.5) is 0 Å². The van der Waals surface area contributed by atoms with Crippen LogP contribution in [0.1, 0.15) is 12.6 Å². The topological polar surface area (TPSA) is 61.9 Å². The third-order valence-corrected chi connectivity index (χ3v) is 5.80. The Hall–Kier alpha value is -2.51. The minimum absolute atomic E-state index is 0.0380. The summed E-state index contributed by atoms with van der Waals surface area (Å²) >= 11 is 3.52. The smallest absolute Gasteiger partial charge is 0.333 e. The zero-order valence-corrected chi connectivity index (χ0v) is 16.5. The molecular weight excluding hydrogens is 408 g/mol. The molecule has 0 spiro atoms. The second kappa shape index (κ2) is 5.74. The van der Waals surface area contributed by atoms with E-state index < -0.39 is 0 Å². The molecule has 0 atom stereocenters. The fourth-order valence-corrected chi connectivity index (χ4v) is 4.00. The molecule has 1 aromatic carbocycles. The lowest BCUT2D eigenvalue weighted by Crippen LogP contribution is -2.44. The second-order valence-corrected chi connectivity index (χ2v) is 8.20. The van der Waals surface area contributed by atoms with Crippen LogP contribution in [0, 0.1) is 0 Å². The summed E-state index contributed by atoms with van der Waals surface area (Å²) in [4.78, 5) is 22.1. The SMILES string of the molecule is Cn1c(=O)n(-c2ccc(C3(C)COC3)nc2)c2c3cc(Br)ccc3ncc21. The van der Waals surface area contributed by atoms with E-state index in [1.54, 1.807) is 28.6 Å². The Morgan fingerprint density at radius 3 is 2.63 bits per heavy atom. The molecule has 1 aliphatic heterocycles. The van der Waals surface area contributed by atoms with Crippen LogP contribution in [0.2, 0.25) is 0 Å². The van der Waals surface area contributed by atoms with Crippen molar-refractivity contribution in [1.29, 1.82) is 0 Å². The zero-order valence-electron chi connectivity index (χ0n) is 14.9. The summed E-state index contributed by atoms with van der Waals surface area (Å²) in [6.45, 7) is 3.50. The summed E-state index contributed by atoms with van der Waals surface area (Å²) in [5.41, 5.74) is 4.03. The molecule has 6 nitrogen and oxygen atoms in total. The average Bonchev–Trinajstić information content (AvgIpc) is 2.91. The van der Waals surface area contributed by atoms with E-state index in [4.69, 9.17) is 4.74 Å². The van der Waals surface area contributed by atoms with Crippen LogP contribution in [-0.4, -0.2) is 32.3 Å². The van der Waals surface area contributed by atoms with Gasteiger partial charge in [0.25, 0.3) is 0 Å². The molecule has 0 radical (unpaired) electrons. The van der Waals surface area contributed by atoms with E-state index in [1.165, 1.54) is 0 Å². The van der Waals surface area contributed by atoms with Crippen LogP contribution in [0.25, 0.3) is 27.6 Å². The number of fused-ring (bicyclic) bond motifs is 3. The van der Waals surface area contributed by atoms with E-state index in [-0.39, 0.29) is 11.1 Å². The predicted molar refractivity (Wildman–Crippen MR) is 107 cm³/mol. The minimum atomic E-state index is -0.119. The molecule has 0 amide bonds. The monoisotopic (exact) mass is 424 g/mol. The highest BCUT2D eigenvalue weighted by Crippen LogP contribution is 2.31. The van der Waals surface area contributed by atoms with E-state index >= 15 is 0 Å². The Morgan fingerprint density at radius 1 is 1.15 bits per heavy atom. The van der Waals surface area contributed by atoms with Crippen LogP contribution >= 0.6 is 15.9 Å². The summed E-state index contributed by atoms with van der Waals surface area (Å²) in [5.74, 6) is 0. The number of nitrogens with zero attached hydrogens (tertiary/aromatic N) is 4. The van der Waals surface area contributed by atoms with Crippen molar-refractivity contribution in [1.82, 2.24) is 19.1 Å². The van der Waals surface area contributed by atoms with E-state index in [9.17, 15) is 4.79 Å². The molecule has 0 bridgehead atoms. The standard InChI is InChI=1S/C20H17BrN4O2/c1-20(10-27-11-20)17-6-4-13(8-23-17)25-18-14-7-12(21)3-5-15(14)22-9-16(18)24(2)19(25)26/h3-9H,10-11H2,1-2H3. The molecule has 1 fully saturated rings. The number of ether oxygens (including phenoxy) is 1. The van der Waals surface area contributed by atoms with Crippen LogP contribution in [0.15, 0.2) is 52.0 Å². The van der Waals surface area contributed by atoms with Gasteiger partial charge < -0.3 is 4.74 Å². The normalized spacial score (nSPS) is 16.0. The molecule has 0 saturated carbocycles. The Morgan fingerprint density at radius 2 is 1.96 bits per heavy atom. The fraction of sp³-hybridized carbons (Fsp3) is 0.250. The van der Waals surface area contributed by atoms with Gasteiger partial charge in [-0.25, -0.2) is 4.79 Å². The van der Waals surface area contributed by atoms with Gasteiger partial charge in [-0.2, -0.15) is 0 Å². The molecule has 5 rings (SSSR count). The van der Waals surface area contributed by atoms with Gasteiger partial charge in [0.15, 0.2) is 0 Å². The van der Waals surface area contributed by atoms with Gasteiger partial charge in [0.1, 0.15) is 0 Å². The zero-order chi connectivity index (χ0) is 18.8. The third kappa shape index (κ3) is 2.38. The number of aromatic nitrogens is 4. The molecular formula is C20H17BrN4O2. The highest BCUT2D eigenvalue weighted by atomic mass is 79.9. The van der Waals surface area contributed by atoms with Crippen molar-refractivity contribution in [3.05, 3.63) is 63.4 Å². The number of halogens is 1. The lowest BCUT2D eigenvalue weighted by molar-refractivity contribution is -0.0520. The molecule has 1 aliphatic rings. The van der Waals surface area contributed by atoms with E-state index in [0.29, 0.717) is 13.2 Å².